The molecule has 0 atom stereocenters. The van der Waals surface area contributed by atoms with Crippen molar-refractivity contribution in [3.05, 3.63) is 65.9 Å². The summed E-state index contributed by atoms with van der Waals surface area (Å²) in [7, 11) is 0. The second-order valence-electron chi connectivity index (χ2n) is 4.75. The molecule has 3 rings (SSSR count). The Morgan fingerprint density at radius 2 is 1.75 bits per heavy atom. The van der Waals surface area contributed by atoms with Crippen molar-refractivity contribution in [1.29, 1.82) is 0 Å². The van der Waals surface area contributed by atoms with E-state index in [9.17, 15) is 9.90 Å². The van der Waals surface area contributed by atoms with Crippen LogP contribution in [0.4, 0.5) is 0 Å². The summed E-state index contributed by atoms with van der Waals surface area (Å²) in [4.78, 5) is 15.7. The van der Waals surface area contributed by atoms with Crippen LogP contribution in [0.2, 0.25) is 0 Å². The third-order valence-corrected chi connectivity index (χ3v) is 3.29. The average molecular weight is 263 g/mol. The predicted molar refractivity (Wildman–Crippen MR) is 78.9 cm³/mol. The molecule has 0 fully saturated rings. The fourth-order valence-corrected chi connectivity index (χ4v) is 2.23. The van der Waals surface area contributed by atoms with Crippen molar-refractivity contribution < 1.29 is 9.90 Å². The molecule has 3 nitrogen and oxygen atoms in total. The van der Waals surface area contributed by atoms with Crippen LogP contribution in [0.3, 0.4) is 0 Å². The van der Waals surface area contributed by atoms with Crippen molar-refractivity contribution in [3.8, 4) is 11.1 Å². The van der Waals surface area contributed by atoms with Gasteiger partial charge in [-0.05, 0) is 24.6 Å². The molecule has 0 unspecified atom stereocenters. The Bertz CT molecular complexity index is 792. The smallest absolute Gasteiger partial charge is 0.355 e. The molecule has 0 saturated carbocycles. The molecule has 0 aliphatic rings. The third kappa shape index (κ3) is 2.14. The Labute approximate surface area is 116 Å². The van der Waals surface area contributed by atoms with Crippen LogP contribution >= 0.6 is 0 Å². The molecule has 1 N–H and O–H groups in total. The van der Waals surface area contributed by atoms with Gasteiger partial charge in [0.1, 0.15) is 0 Å². The first-order valence-electron chi connectivity index (χ1n) is 6.35. The molecular weight excluding hydrogens is 250 g/mol. The molecule has 0 aliphatic heterocycles. The molecule has 1 heterocycles. The standard InChI is InChI=1S/C17H13NO2/c1-11-6-8-12(9-7-11)14-10-13-4-2-3-5-15(13)18-16(14)17(19)20/h2-10H,1H3,(H,19,20). The van der Waals surface area contributed by atoms with Crippen LogP contribution in [-0.4, -0.2) is 16.1 Å². The van der Waals surface area contributed by atoms with Gasteiger partial charge < -0.3 is 5.11 Å². The van der Waals surface area contributed by atoms with Crippen LogP contribution in [0, 0.1) is 6.92 Å². The van der Waals surface area contributed by atoms with E-state index in [1.807, 2.05) is 61.5 Å². The Hall–Kier alpha value is -2.68. The zero-order valence-electron chi connectivity index (χ0n) is 11.0. The van der Waals surface area contributed by atoms with E-state index in [0.717, 1.165) is 16.5 Å². The number of carboxylic acid groups (broad SMARTS) is 1. The van der Waals surface area contributed by atoms with Crippen LogP contribution in [0.25, 0.3) is 22.0 Å². The number of fused-ring (bicyclic) bond motifs is 1. The predicted octanol–water partition coefficient (Wildman–Crippen LogP) is 3.91. The zero-order valence-corrected chi connectivity index (χ0v) is 11.0. The van der Waals surface area contributed by atoms with Crippen molar-refractivity contribution in [2.24, 2.45) is 0 Å². The summed E-state index contributed by atoms with van der Waals surface area (Å²) >= 11 is 0. The van der Waals surface area contributed by atoms with Crippen LogP contribution in [0.5, 0.6) is 0 Å². The van der Waals surface area contributed by atoms with Gasteiger partial charge in [0, 0.05) is 10.9 Å². The van der Waals surface area contributed by atoms with Crippen LogP contribution in [0.1, 0.15) is 16.1 Å². The summed E-state index contributed by atoms with van der Waals surface area (Å²) in [6, 6.07) is 17.2. The first-order valence-corrected chi connectivity index (χ1v) is 6.35. The fraction of sp³-hybridized carbons (Fsp3) is 0.0588. The maximum Gasteiger partial charge on any atom is 0.355 e. The number of aryl methyl sites for hydroxylation is 1. The Morgan fingerprint density at radius 3 is 2.45 bits per heavy atom. The molecule has 0 spiro atoms. The minimum Gasteiger partial charge on any atom is -0.476 e. The molecule has 2 aromatic carbocycles. The van der Waals surface area contributed by atoms with E-state index in [1.54, 1.807) is 0 Å². The highest BCUT2D eigenvalue weighted by Gasteiger charge is 2.14. The van der Waals surface area contributed by atoms with Gasteiger partial charge in [-0.25, -0.2) is 9.78 Å². The molecule has 0 amide bonds. The molecule has 3 heteroatoms. The Balaban J connectivity index is 2.29. The number of nitrogens with zero attached hydrogens (tertiary/aromatic N) is 1. The van der Waals surface area contributed by atoms with E-state index < -0.39 is 5.97 Å². The van der Waals surface area contributed by atoms with Gasteiger partial charge >= 0.3 is 5.97 Å². The quantitative estimate of drug-likeness (QED) is 0.762. The fourth-order valence-electron chi connectivity index (χ4n) is 2.23. The summed E-state index contributed by atoms with van der Waals surface area (Å²) in [5, 5.41) is 10.3. The van der Waals surface area contributed by atoms with E-state index in [-0.39, 0.29) is 5.69 Å². The maximum absolute atomic E-state index is 11.4. The second-order valence-corrected chi connectivity index (χ2v) is 4.75. The first-order chi connectivity index (χ1) is 9.65. The van der Waals surface area contributed by atoms with Crippen LogP contribution in [-0.2, 0) is 0 Å². The van der Waals surface area contributed by atoms with Crippen LogP contribution < -0.4 is 0 Å². The lowest BCUT2D eigenvalue weighted by Gasteiger charge is -2.08. The Kier molecular flexibility index (Phi) is 2.95. The highest BCUT2D eigenvalue weighted by Crippen LogP contribution is 2.27. The number of benzene rings is 2. The van der Waals surface area contributed by atoms with Crippen molar-refractivity contribution in [2.45, 2.75) is 6.92 Å². The maximum atomic E-state index is 11.4. The molecule has 3 aromatic rings. The molecule has 0 saturated heterocycles. The lowest BCUT2D eigenvalue weighted by molar-refractivity contribution is 0.0692. The summed E-state index contributed by atoms with van der Waals surface area (Å²) < 4.78 is 0. The molecular formula is C17H13NO2. The van der Waals surface area contributed by atoms with E-state index >= 15 is 0 Å². The summed E-state index contributed by atoms with van der Waals surface area (Å²) in [5.41, 5.74) is 3.44. The molecule has 0 aliphatic carbocycles. The van der Waals surface area contributed by atoms with Gasteiger partial charge in [0.05, 0.1) is 5.52 Å². The number of hydrogen-bond acceptors (Lipinski definition) is 2. The number of hydrogen-bond donors (Lipinski definition) is 1. The number of carbonyl (C=O) groups is 1. The number of carboxylic acids is 1. The largest absolute Gasteiger partial charge is 0.476 e. The lowest BCUT2D eigenvalue weighted by atomic mass is 10.0. The molecule has 0 radical (unpaired) electrons. The zero-order chi connectivity index (χ0) is 14.1. The number of para-hydroxylation sites is 1. The SMILES string of the molecule is Cc1ccc(-c2cc3ccccc3nc2C(=O)O)cc1. The number of rotatable bonds is 2. The topological polar surface area (TPSA) is 50.2 Å². The van der Waals surface area contributed by atoms with Crippen molar-refractivity contribution in [2.75, 3.05) is 0 Å². The van der Waals surface area contributed by atoms with Crippen LogP contribution in [0.15, 0.2) is 54.6 Å². The van der Waals surface area contributed by atoms with Gasteiger partial charge in [0.15, 0.2) is 5.69 Å². The molecule has 0 bridgehead atoms. The van der Waals surface area contributed by atoms with E-state index in [0.29, 0.717) is 11.1 Å². The molecule has 98 valence electrons. The monoisotopic (exact) mass is 263 g/mol. The van der Waals surface area contributed by atoms with Gasteiger partial charge in [0.2, 0.25) is 0 Å². The normalized spacial score (nSPS) is 10.7. The van der Waals surface area contributed by atoms with Crippen molar-refractivity contribution in [1.82, 2.24) is 4.98 Å². The van der Waals surface area contributed by atoms with E-state index in [2.05, 4.69) is 4.98 Å². The molecule has 20 heavy (non-hydrogen) atoms. The summed E-state index contributed by atoms with van der Waals surface area (Å²) in [5.74, 6) is -1.01. The van der Waals surface area contributed by atoms with Crippen molar-refractivity contribution in [3.63, 3.8) is 0 Å². The van der Waals surface area contributed by atoms with Crippen molar-refractivity contribution >= 4 is 16.9 Å². The first kappa shape index (κ1) is 12.4. The minimum atomic E-state index is -1.01. The van der Waals surface area contributed by atoms with E-state index in [4.69, 9.17) is 0 Å². The molecule has 1 aromatic heterocycles. The number of aromatic nitrogens is 1. The summed E-state index contributed by atoms with van der Waals surface area (Å²) in [6.45, 7) is 2.00. The average Bonchev–Trinajstić information content (AvgIpc) is 2.46. The van der Waals surface area contributed by atoms with Gasteiger partial charge in [-0.3, -0.25) is 0 Å². The second kappa shape index (κ2) is 4.78. The van der Waals surface area contributed by atoms with Gasteiger partial charge in [-0.15, -0.1) is 0 Å². The lowest BCUT2D eigenvalue weighted by Crippen LogP contribution is -2.03. The van der Waals surface area contributed by atoms with E-state index in [1.165, 1.54) is 0 Å². The Morgan fingerprint density at radius 1 is 1.05 bits per heavy atom. The number of aromatic carboxylic acids is 1. The van der Waals surface area contributed by atoms with Gasteiger partial charge in [-0.1, -0.05) is 48.0 Å². The third-order valence-electron chi connectivity index (χ3n) is 3.29. The van der Waals surface area contributed by atoms with Gasteiger partial charge in [0.25, 0.3) is 0 Å². The highest BCUT2D eigenvalue weighted by atomic mass is 16.4. The summed E-state index contributed by atoms with van der Waals surface area (Å²) in [6.07, 6.45) is 0. The number of pyridine rings is 1. The highest BCUT2D eigenvalue weighted by molar-refractivity contribution is 5.98. The van der Waals surface area contributed by atoms with Gasteiger partial charge in [-0.2, -0.15) is 0 Å². The minimum absolute atomic E-state index is 0.0903.